The van der Waals surface area contributed by atoms with Crippen molar-refractivity contribution < 1.29 is 13.9 Å². The number of nitriles is 1. The van der Waals surface area contributed by atoms with Crippen LogP contribution >= 0.6 is 0 Å². The molecule has 2 aromatic carbocycles. The zero-order chi connectivity index (χ0) is 22.5. The van der Waals surface area contributed by atoms with Gasteiger partial charge in [0.15, 0.2) is 0 Å². The van der Waals surface area contributed by atoms with Gasteiger partial charge >= 0.3 is 0 Å². The third-order valence-corrected chi connectivity index (χ3v) is 4.90. The minimum Gasteiger partial charge on any atom is -0.475 e. The molecular weight excluding hydrogens is 411 g/mol. The number of ether oxygens (including phenoxy) is 2. The molecule has 4 rings (SSSR count). The smallest absolute Gasteiger partial charge is 0.274 e. The van der Waals surface area contributed by atoms with Crippen LogP contribution < -0.4 is 10.3 Å². The topological polar surface area (TPSA) is 90.0 Å². The molecule has 4 aromatic rings. The number of pyridine rings is 1. The van der Waals surface area contributed by atoms with Crippen molar-refractivity contribution in [3.05, 3.63) is 88.1 Å². The van der Waals surface area contributed by atoms with Crippen molar-refractivity contribution in [2.24, 2.45) is 0 Å². The SMILES string of the molecule is COCCOc1ccc(-c2nn(Cc3ccc(C#N)cc3)c(=O)c3ccccc23)c(F)n1. The molecule has 2 aromatic heterocycles. The lowest BCUT2D eigenvalue weighted by atomic mass is 10.1. The predicted molar refractivity (Wildman–Crippen MR) is 117 cm³/mol. The van der Waals surface area contributed by atoms with Gasteiger partial charge in [0.2, 0.25) is 11.8 Å². The Hall–Kier alpha value is -4.09. The Morgan fingerprint density at radius 1 is 1.03 bits per heavy atom. The molecule has 0 bridgehead atoms. The Labute approximate surface area is 183 Å². The van der Waals surface area contributed by atoms with E-state index in [1.165, 1.54) is 10.7 Å². The third kappa shape index (κ3) is 4.33. The highest BCUT2D eigenvalue weighted by Gasteiger charge is 2.17. The minimum absolute atomic E-state index is 0.138. The molecule has 0 saturated carbocycles. The van der Waals surface area contributed by atoms with Crippen molar-refractivity contribution >= 4 is 10.8 Å². The van der Waals surface area contributed by atoms with Gasteiger partial charge in [-0.05, 0) is 29.8 Å². The Balaban J connectivity index is 1.78. The first-order chi connectivity index (χ1) is 15.6. The largest absolute Gasteiger partial charge is 0.475 e. The molecule has 32 heavy (non-hydrogen) atoms. The Bertz CT molecular complexity index is 1360. The van der Waals surface area contributed by atoms with Crippen LogP contribution in [0.3, 0.4) is 0 Å². The molecule has 7 nitrogen and oxygen atoms in total. The summed E-state index contributed by atoms with van der Waals surface area (Å²) in [7, 11) is 1.55. The fraction of sp³-hybridized carbons (Fsp3) is 0.167. The summed E-state index contributed by atoms with van der Waals surface area (Å²) >= 11 is 0. The minimum atomic E-state index is -0.749. The van der Waals surface area contributed by atoms with Crippen molar-refractivity contribution in [2.45, 2.75) is 6.54 Å². The normalized spacial score (nSPS) is 10.8. The molecule has 160 valence electrons. The molecule has 0 spiro atoms. The Morgan fingerprint density at radius 2 is 1.78 bits per heavy atom. The first kappa shape index (κ1) is 21.2. The summed E-state index contributed by atoms with van der Waals surface area (Å²) < 4.78 is 26.5. The molecule has 0 saturated heterocycles. The van der Waals surface area contributed by atoms with Crippen LogP contribution in [0, 0.1) is 17.3 Å². The van der Waals surface area contributed by atoms with Crippen molar-refractivity contribution in [3.63, 3.8) is 0 Å². The zero-order valence-electron chi connectivity index (χ0n) is 17.3. The highest BCUT2D eigenvalue weighted by molar-refractivity contribution is 5.93. The first-order valence-electron chi connectivity index (χ1n) is 9.88. The standard InChI is InChI=1S/C24H19FN4O3/c1-31-12-13-32-21-11-10-20(23(25)27-21)22-18-4-2-3-5-19(18)24(30)29(28-22)15-17-8-6-16(14-26)7-9-17/h2-11H,12-13,15H2,1H3. The molecule has 0 aliphatic carbocycles. The molecule has 0 radical (unpaired) electrons. The average molecular weight is 430 g/mol. The van der Waals surface area contributed by atoms with Crippen molar-refractivity contribution in [3.8, 4) is 23.2 Å². The van der Waals surface area contributed by atoms with Crippen LogP contribution in [0.15, 0.2) is 65.5 Å². The van der Waals surface area contributed by atoms with Crippen LogP contribution in [0.4, 0.5) is 4.39 Å². The van der Waals surface area contributed by atoms with Crippen LogP contribution in [0.5, 0.6) is 5.88 Å². The Morgan fingerprint density at radius 3 is 2.47 bits per heavy atom. The van der Waals surface area contributed by atoms with E-state index >= 15 is 0 Å². The number of benzene rings is 2. The molecule has 0 unspecified atom stereocenters. The van der Waals surface area contributed by atoms with Gasteiger partial charge in [-0.15, -0.1) is 0 Å². The average Bonchev–Trinajstić information content (AvgIpc) is 2.82. The number of aromatic nitrogens is 3. The number of halogens is 1. The summed E-state index contributed by atoms with van der Waals surface area (Å²) in [6.07, 6.45) is 0. The molecule has 0 atom stereocenters. The van der Waals surface area contributed by atoms with E-state index in [1.807, 2.05) is 0 Å². The second kappa shape index (κ2) is 9.37. The highest BCUT2D eigenvalue weighted by Crippen LogP contribution is 2.27. The summed E-state index contributed by atoms with van der Waals surface area (Å²) in [5.41, 5.74) is 1.49. The first-order valence-corrected chi connectivity index (χ1v) is 9.88. The van der Waals surface area contributed by atoms with Crippen LogP contribution in [0.2, 0.25) is 0 Å². The van der Waals surface area contributed by atoms with Gasteiger partial charge in [0.25, 0.3) is 5.56 Å². The van der Waals surface area contributed by atoms with E-state index in [1.54, 1.807) is 61.7 Å². The van der Waals surface area contributed by atoms with Crippen molar-refractivity contribution in [1.82, 2.24) is 14.8 Å². The van der Waals surface area contributed by atoms with Crippen LogP contribution in [0.25, 0.3) is 22.0 Å². The zero-order valence-corrected chi connectivity index (χ0v) is 17.3. The van der Waals surface area contributed by atoms with Gasteiger partial charge in [0, 0.05) is 18.6 Å². The van der Waals surface area contributed by atoms with Crippen LogP contribution in [-0.2, 0) is 11.3 Å². The number of fused-ring (bicyclic) bond motifs is 1. The van der Waals surface area contributed by atoms with Gasteiger partial charge in [0.05, 0.1) is 35.7 Å². The van der Waals surface area contributed by atoms with E-state index in [0.29, 0.717) is 28.6 Å². The molecule has 0 aliphatic rings. The summed E-state index contributed by atoms with van der Waals surface area (Å²) in [4.78, 5) is 16.9. The van der Waals surface area contributed by atoms with Gasteiger partial charge in [0.1, 0.15) is 12.3 Å². The maximum Gasteiger partial charge on any atom is 0.274 e. The second-order valence-corrected chi connectivity index (χ2v) is 6.99. The van der Waals surface area contributed by atoms with E-state index in [-0.39, 0.29) is 30.2 Å². The molecule has 0 amide bonds. The van der Waals surface area contributed by atoms with Gasteiger partial charge in [-0.3, -0.25) is 4.79 Å². The van der Waals surface area contributed by atoms with Crippen LogP contribution in [-0.4, -0.2) is 35.1 Å². The quantitative estimate of drug-likeness (QED) is 0.329. The lowest BCUT2D eigenvalue weighted by Gasteiger charge is -2.12. The van der Waals surface area contributed by atoms with Crippen LogP contribution in [0.1, 0.15) is 11.1 Å². The van der Waals surface area contributed by atoms with Gasteiger partial charge in [-0.2, -0.15) is 19.7 Å². The monoisotopic (exact) mass is 430 g/mol. The summed E-state index contributed by atoms with van der Waals surface area (Å²) in [6.45, 7) is 0.784. The van der Waals surface area contributed by atoms with Gasteiger partial charge in [-0.1, -0.05) is 30.3 Å². The van der Waals surface area contributed by atoms with E-state index < -0.39 is 5.95 Å². The fourth-order valence-corrected chi connectivity index (χ4v) is 3.30. The molecule has 2 heterocycles. The molecule has 0 N–H and O–H groups in total. The van der Waals surface area contributed by atoms with E-state index in [4.69, 9.17) is 14.7 Å². The number of hydrogen-bond donors (Lipinski definition) is 0. The predicted octanol–water partition coefficient (Wildman–Crippen LogP) is 3.54. The van der Waals surface area contributed by atoms with Crippen molar-refractivity contribution in [2.75, 3.05) is 20.3 Å². The number of hydrogen-bond acceptors (Lipinski definition) is 6. The lowest BCUT2D eigenvalue weighted by Crippen LogP contribution is -2.24. The van der Waals surface area contributed by atoms with Crippen molar-refractivity contribution in [1.29, 1.82) is 5.26 Å². The third-order valence-electron chi connectivity index (χ3n) is 4.90. The molecular formula is C24H19FN4O3. The Kier molecular flexibility index (Phi) is 6.19. The molecule has 0 fully saturated rings. The second-order valence-electron chi connectivity index (χ2n) is 6.99. The summed E-state index contributed by atoms with van der Waals surface area (Å²) in [5, 5.41) is 14.4. The van der Waals surface area contributed by atoms with E-state index in [2.05, 4.69) is 16.2 Å². The lowest BCUT2D eigenvalue weighted by molar-refractivity contribution is 0.143. The van der Waals surface area contributed by atoms with Gasteiger partial charge in [-0.25, -0.2) is 4.68 Å². The summed E-state index contributed by atoms with van der Waals surface area (Å²) in [5.74, 6) is -0.611. The molecule has 8 heteroatoms. The number of rotatable bonds is 7. The number of nitrogens with zero attached hydrogens (tertiary/aromatic N) is 4. The number of methoxy groups -OCH3 is 1. The van der Waals surface area contributed by atoms with Gasteiger partial charge < -0.3 is 9.47 Å². The van der Waals surface area contributed by atoms with E-state index in [9.17, 15) is 9.18 Å². The molecule has 0 aliphatic heterocycles. The maximum absolute atomic E-state index is 14.9. The van der Waals surface area contributed by atoms with E-state index in [0.717, 1.165) is 5.56 Å². The summed E-state index contributed by atoms with van der Waals surface area (Å²) in [6, 6.07) is 19.0. The fourth-order valence-electron chi connectivity index (χ4n) is 3.30. The maximum atomic E-state index is 14.9. The highest BCUT2D eigenvalue weighted by atomic mass is 19.1.